The molecule has 0 aliphatic carbocycles. The molecule has 0 spiro atoms. The zero-order chi connectivity index (χ0) is 22.0. The number of aromatic nitrogens is 2. The summed E-state index contributed by atoms with van der Waals surface area (Å²) >= 11 is 6.03. The molecule has 31 heavy (non-hydrogen) atoms. The number of rotatable bonds is 5. The second-order valence-corrected chi connectivity index (χ2v) is 7.22. The monoisotopic (exact) mass is 439 g/mol. The maximum atomic E-state index is 13.7. The van der Waals surface area contributed by atoms with Crippen molar-refractivity contribution < 1.29 is 18.3 Å². The predicted octanol–water partition coefficient (Wildman–Crippen LogP) is 5.59. The van der Waals surface area contributed by atoms with Crippen molar-refractivity contribution in [3.63, 3.8) is 0 Å². The summed E-state index contributed by atoms with van der Waals surface area (Å²) in [5.41, 5.74) is 1.64. The summed E-state index contributed by atoms with van der Waals surface area (Å²) in [6, 6.07) is 13.0. The van der Waals surface area contributed by atoms with Crippen LogP contribution in [-0.2, 0) is 6.54 Å². The smallest absolute Gasteiger partial charge is 0.251 e. The fourth-order valence-corrected chi connectivity index (χ4v) is 3.30. The summed E-state index contributed by atoms with van der Waals surface area (Å²) in [6.07, 6.45) is 2.39. The number of halogens is 3. The minimum atomic E-state index is -0.817. The van der Waals surface area contributed by atoms with E-state index in [1.807, 2.05) is 6.07 Å². The molecule has 0 aliphatic heterocycles. The summed E-state index contributed by atoms with van der Waals surface area (Å²) in [5.74, 6) is -0.901. The Bertz CT molecular complexity index is 1300. The number of hydrogen-bond acceptors (Lipinski definition) is 4. The third kappa shape index (κ3) is 4.46. The van der Waals surface area contributed by atoms with E-state index in [2.05, 4.69) is 15.3 Å². The van der Waals surface area contributed by atoms with Crippen molar-refractivity contribution in [3.8, 4) is 11.5 Å². The number of hydrogen-bond donors (Lipinski definition) is 1. The first-order valence-corrected chi connectivity index (χ1v) is 9.70. The van der Waals surface area contributed by atoms with Gasteiger partial charge in [-0.15, -0.1) is 0 Å². The number of amides is 1. The van der Waals surface area contributed by atoms with Crippen molar-refractivity contribution in [3.05, 3.63) is 94.4 Å². The van der Waals surface area contributed by atoms with Gasteiger partial charge in [0.25, 0.3) is 5.91 Å². The molecule has 4 aromatic rings. The first-order chi connectivity index (χ1) is 14.9. The number of pyridine rings is 2. The number of fused-ring (bicyclic) bond motifs is 1. The molecule has 0 radical (unpaired) electrons. The van der Waals surface area contributed by atoms with Gasteiger partial charge in [-0.1, -0.05) is 17.7 Å². The lowest BCUT2D eigenvalue weighted by atomic mass is 10.1. The minimum Gasteiger partial charge on any atom is -0.456 e. The molecule has 0 saturated heterocycles. The quantitative estimate of drug-likeness (QED) is 0.411. The highest BCUT2D eigenvalue weighted by molar-refractivity contribution is 6.31. The molecule has 1 amide bonds. The van der Waals surface area contributed by atoms with Crippen LogP contribution in [0.5, 0.6) is 11.5 Å². The molecule has 0 unspecified atom stereocenters. The van der Waals surface area contributed by atoms with Crippen LogP contribution in [0.15, 0.2) is 60.9 Å². The van der Waals surface area contributed by atoms with Gasteiger partial charge in [0, 0.05) is 45.9 Å². The third-order valence-corrected chi connectivity index (χ3v) is 4.99. The van der Waals surface area contributed by atoms with Gasteiger partial charge in [-0.05, 0) is 43.3 Å². The van der Waals surface area contributed by atoms with Crippen molar-refractivity contribution in [2.45, 2.75) is 13.5 Å². The largest absolute Gasteiger partial charge is 0.456 e. The maximum absolute atomic E-state index is 13.7. The van der Waals surface area contributed by atoms with Gasteiger partial charge in [0.15, 0.2) is 0 Å². The van der Waals surface area contributed by atoms with Gasteiger partial charge in [-0.25, -0.2) is 9.37 Å². The lowest BCUT2D eigenvalue weighted by molar-refractivity contribution is 0.0949. The zero-order valence-corrected chi connectivity index (χ0v) is 17.1. The van der Waals surface area contributed by atoms with Crippen molar-refractivity contribution in [1.29, 1.82) is 0 Å². The fourth-order valence-electron chi connectivity index (χ4n) is 3.13. The van der Waals surface area contributed by atoms with Gasteiger partial charge in [-0.2, -0.15) is 4.39 Å². The molecule has 2 aromatic carbocycles. The Balaban J connectivity index is 1.57. The summed E-state index contributed by atoms with van der Waals surface area (Å²) in [5, 5.41) is 3.94. The van der Waals surface area contributed by atoms with Crippen molar-refractivity contribution in [2.75, 3.05) is 0 Å². The molecular formula is C23H16ClF2N3O2. The first kappa shape index (κ1) is 20.7. The van der Waals surface area contributed by atoms with Gasteiger partial charge < -0.3 is 10.1 Å². The Morgan fingerprint density at radius 2 is 1.94 bits per heavy atom. The molecule has 156 valence electrons. The Morgan fingerprint density at radius 1 is 1.10 bits per heavy atom. The van der Waals surface area contributed by atoms with E-state index in [4.69, 9.17) is 16.3 Å². The van der Waals surface area contributed by atoms with Gasteiger partial charge in [0.05, 0.1) is 11.7 Å². The second kappa shape index (κ2) is 8.65. The van der Waals surface area contributed by atoms with Crippen LogP contribution in [0.2, 0.25) is 5.02 Å². The Labute approximate surface area is 181 Å². The number of benzene rings is 2. The molecule has 0 atom stereocenters. The summed E-state index contributed by atoms with van der Waals surface area (Å²) in [4.78, 5) is 20.2. The van der Waals surface area contributed by atoms with E-state index < -0.39 is 17.7 Å². The molecule has 4 rings (SSSR count). The van der Waals surface area contributed by atoms with Gasteiger partial charge >= 0.3 is 0 Å². The number of nitrogens with zero attached hydrogens (tertiary/aromatic N) is 2. The van der Waals surface area contributed by atoms with Crippen molar-refractivity contribution in [2.24, 2.45) is 0 Å². The number of carbonyl (C=O) groups excluding carboxylic acids is 1. The van der Waals surface area contributed by atoms with Gasteiger partial charge in [0.1, 0.15) is 17.3 Å². The number of nitrogens with one attached hydrogen (secondary N) is 1. The number of carbonyl (C=O) groups is 1. The molecule has 0 fully saturated rings. The highest BCUT2D eigenvalue weighted by atomic mass is 35.5. The van der Waals surface area contributed by atoms with E-state index in [1.165, 1.54) is 0 Å². The standard InChI is InChI=1S/C23H16ClF2N3O2/c1-13-16(23(30)29-11-14-9-22(26)28-12-18(14)25)3-2-4-20(13)31-21-7-8-27-19-10-15(24)5-6-17(19)21/h2-10,12H,11H2,1H3,(H,29,30). The average molecular weight is 440 g/mol. The maximum Gasteiger partial charge on any atom is 0.251 e. The highest BCUT2D eigenvalue weighted by Crippen LogP contribution is 2.32. The fraction of sp³-hybridized carbons (Fsp3) is 0.0870. The molecule has 2 heterocycles. The Hall–Kier alpha value is -3.58. The molecule has 0 bridgehead atoms. The lowest BCUT2D eigenvalue weighted by Crippen LogP contribution is -2.24. The van der Waals surface area contributed by atoms with Crippen LogP contribution in [0.1, 0.15) is 21.5 Å². The number of ether oxygens (including phenoxy) is 1. The molecule has 2 aromatic heterocycles. The Kier molecular flexibility index (Phi) is 5.77. The SMILES string of the molecule is Cc1c(Oc2ccnc3cc(Cl)ccc23)cccc1C(=O)NCc1cc(F)ncc1F. The summed E-state index contributed by atoms with van der Waals surface area (Å²) in [6.45, 7) is 1.57. The van der Waals surface area contributed by atoms with E-state index in [0.29, 0.717) is 33.2 Å². The molecule has 0 saturated carbocycles. The molecular weight excluding hydrogens is 424 g/mol. The first-order valence-electron chi connectivity index (χ1n) is 9.32. The molecule has 8 heteroatoms. The van der Waals surface area contributed by atoms with Gasteiger partial charge in [-0.3, -0.25) is 9.78 Å². The van der Waals surface area contributed by atoms with Crippen LogP contribution < -0.4 is 10.1 Å². The van der Waals surface area contributed by atoms with Crippen LogP contribution in [0.3, 0.4) is 0 Å². The van der Waals surface area contributed by atoms with E-state index in [9.17, 15) is 13.6 Å². The normalized spacial score (nSPS) is 10.8. The zero-order valence-electron chi connectivity index (χ0n) is 16.3. The predicted molar refractivity (Wildman–Crippen MR) is 113 cm³/mol. The van der Waals surface area contributed by atoms with Gasteiger partial charge in [0.2, 0.25) is 5.95 Å². The van der Waals surface area contributed by atoms with Crippen LogP contribution in [0, 0.1) is 18.7 Å². The van der Waals surface area contributed by atoms with Crippen molar-refractivity contribution >= 4 is 28.4 Å². The van der Waals surface area contributed by atoms with Crippen molar-refractivity contribution in [1.82, 2.24) is 15.3 Å². The van der Waals surface area contributed by atoms with Crippen LogP contribution in [0.4, 0.5) is 8.78 Å². The second-order valence-electron chi connectivity index (χ2n) is 6.78. The lowest BCUT2D eigenvalue weighted by Gasteiger charge is -2.14. The topological polar surface area (TPSA) is 64.1 Å². The molecule has 5 nitrogen and oxygen atoms in total. The Morgan fingerprint density at radius 3 is 2.77 bits per heavy atom. The van der Waals surface area contributed by atoms with Crippen LogP contribution >= 0.6 is 11.6 Å². The van der Waals surface area contributed by atoms with E-state index in [-0.39, 0.29) is 12.1 Å². The minimum absolute atomic E-state index is 0.00724. The summed E-state index contributed by atoms with van der Waals surface area (Å²) < 4.78 is 33.0. The highest BCUT2D eigenvalue weighted by Gasteiger charge is 2.15. The van der Waals surface area contributed by atoms with E-state index in [0.717, 1.165) is 17.6 Å². The van der Waals surface area contributed by atoms with E-state index >= 15 is 0 Å². The van der Waals surface area contributed by atoms with E-state index in [1.54, 1.807) is 49.5 Å². The third-order valence-electron chi connectivity index (χ3n) is 4.75. The summed E-state index contributed by atoms with van der Waals surface area (Å²) in [7, 11) is 0. The van der Waals surface area contributed by atoms with Crippen LogP contribution in [-0.4, -0.2) is 15.9 Å². The van der Waals surface area contributed by atoms with Crippen LogP contribution in [0.25, 0.3) is 10.9 Å². The molecule has 1 N–H and O–H groups in total. The average Bonchev–Trinajstić information content (AvgIpc) is 2.75. The molecule has 0 aliphatic rings.